The molecule has 4 heterocycles. The second-order valence-electron chi connectivity index (χ2n) is 10.2. The zero-order chi connectivity index (χ0) is 24.7. The number of hydrogen-bond donors (Lipinski definition) is 1. The Labute approximate surface area is 211 Å². The smallest absolute Gasteiger partial charge is 0.228 e. The van der Waals surface area contributed by atoms with Crippen LogP contribution in [0.4, 0.5) is 0 Å². The Balaban J connectivity index is 1.37. The molecule has 0 unspecified atom stereocenters. The number of carbonyl (C=O) groups excluding carboxylic acids is 1. The molecule has 0 radical (unpaired) electrons. The molecule has 1 aromatic carbocycles. The topological polar surface area (TPSA) is 61.9 Å². The second-order valence-corrected chi connectivity index (χ2v) is 11.3. The molecule has 35 heavy (non-hydrogen) atoms. The molecule has 1 aliphatic heterocycles. The molecule has 0 bridgehead atoms. The summed E-state index contributed by atoms with van der Waals surface area (Å²) in [6, 6.07) is 11.2. The third-order valence-electron chi connectivity index (χ3n) is 7.13. The molecular formula is C29H34N4OS. The van der Waals surface area contributed by atoms with Gasteiger partial charge in [-0.25, -0.2) is 4.98 Å². The number of rotatable bonds is 5. The third kappa shape index (κ3) is 4.90. The molecule has 1 fully saturated rings. The van der Waals surface area contributed by atoms with E-state index in [-0.39, 0.29) is 5.91 Å². The molecular weight excluding hydrogens is 452 g/mol. The van der Waals surface area contributed by atoms with E-state index in [9.17, 15) is 4.79 Å². The van der Waals surface area contributed by atoms with E-state index in [2.05, 4.69) is 73.0 Å². The Morgan fingerprint density at radius 2 is 1.80 bits per heavy atom. The van der Waals surface area contributed by atoms with E-state index in [0.717, 1.165) is 48.0 Å². The molecule has 1 N–H and O–H groups in total. The number of pyridine rings is 1. The quantitative estimate of drug-likeness (QED) is 0.342. The number of amides is 1. The Morgan fingerprint density at radius 1 is 1.09 bits per heavy atom. The summed E-state index contributed by atoms with van der Waals surface area (Å²) in [7, 11) is 0. The molecule has 0 spiro atoms. The maximum Gasteiger partial charge on any atom is 0.228 e. The summed E-state index contributed by atoms with van der Waals surface area (Å²) in [6.07, 6.45) is 2.42. The number of aromatic nitrogens is 3. The molecule has 0 saturated carbocycles. The van der Waals surface area contributed by atoms with Gasteiger partial charge in [0.2, 0.25) is 5.91 Å². The van der Waals surface area contributed by atoms with Crippen LogP contribution in [0.1, 0.15) is 71.7 Å². The summed E-state index contributed by atoms with van der Waals surface area (Å²) in [5.74, 6) is 1.08. The summed E-state index contributed by atoms with van der Waals surface area (Å²) < 4.78 is 0. The van der Waals surface area contributed by atoms with Gasteiger partial charge in [-0.1, -0.05) is 19.9 Å². The van der Waals surface area contributed by atoms with Gasteiger partial charge in [0, 0.05) is 46.3 Å². The van der Waals surface area contributed by atoms with Gasteiger partial charge in [0.1, 0.15) is 0 Å². The third-order valence-corrected chi connectivity index (χ3v) is 7.95. The van der Waals surface area contributed by atoms with E-state index in [1.54, 1.807) is 11.3 Å². The summed E-state index contributed by atoms with van der Waals surface area (Å²) in [4.78, 5) is 27.5. The van der Waals surface area contributed by atoms with Gasteiger partial charge in [0.25, 0.3) is 0 Å². The fraction of sp³-hybridized carbons (Fsp3) is 0.414. The Morgan fingerprint density at radius 3 is 2.43 bits per heavy atom. The van der Waals surface area contributed by atoms with Crippen LogP contribution in [0.5, 0.6) is 0 Å². The van der Waals surface area contributed by atoms with Crippen molar-refractivity contribution in [3.05, 3.63) is 68.9 Å². The lowest BCUT2D eigenvalue weighted by Gasteiger charge is -2.32. The molecule has 4 aromatic rings. The number of piperidine rings is 1. The van der Waals surface area contributed by atoms with E-state index in [1.165, 1.54) is 33.3 Å². The van der Waals surface area contributed by atoms with Crippen LogP contribution in [0.3, 0.4) is 0 Å². The highest BCUT2D eigenvalue weighted by Crippen LogP contribution is 2.38. The van der Waals surface area contributed by atoms with E-state index in [1.807, 2.05) is 17.2 Å². The van der Waals surface area contributed by atoms with E-state index < -0.39 is 0 Å². The fourth-order valence-corrected chi connectivity index (χ4v) is 6.12. The first-order chi connectivity index (χ1) is 16.8. The molecule has 1 saturated heterocycles. The molecule has 1 amide bonds. The SMILES string of the molecule is Cc1cc(-c2[nH]c3ccc(C4CCN(C(=O)Cc5csc(C)n5)CC4)cc3c2C(C)C)cc(C)n1. The van der Waals surface area contributed by atoms with Gasteiger partial charge in [0.15, 0.2) is 0 Å². The molecule has 1 aliphatic rings. The molecule has 6 heteroatoms. The van der Waals surface area contributed by atoms with Crippen molar-refractivity contribution in [3.63, 3.8) is 0 Å². The average molecular weight is 487 g/mol. The average Bonchev–Trinajstić information content (AvgIpc) is 3.41. The zero-order valence-corrected chi connectivity index (χ0v) is 22.1. The van der Waals surface area contributed by atoms with Gasteiger partial charge >= 0.3 is 0 Å². The Kier molecular flexibility index (Phi) is 6.49. The van der Waals surface area contributed by atoms with Crippen LogP contribution in [0.25, 0.3) is 22.2 Å². The Hall–Kier alpha value is -2.99. The zero-order valence-electron chi connectivity index (χ0n) is 21.3. The second kappa shape index (κ2) is 9.57. The number of benzene rings is 1. The molecule has 5 rings (SSSR count). The number of likely N-dealkylation sites (tertiary alicyclic amines) is 1. The number of fused-ring (bicyclic) bond motifs is 1. The van der Waals surface area contributed by atoms with E-state index in [4.69, 9.17) is 0 Å². The molecule has 3 aromatic heterocycles. The lowest BCUT2D eigenvalue weighted by molar-refractivity contribution is -0.131. The maximum absolute atomic E-state index is 12.8. The highest BCUT2D eigenvalue weighted by molar-refractivity contribution is 7.09. The minimum Gasteiger partial charge on any atom is -0.354 e. The first-order valence-corrected chi connectivity index (χ1v) is 13.5. The van der Waals surface area contributed by atoms with Gasteiger partial charge in [-0.15, -0.1) is 11.3 Å². The number of nitrogens with one attached hydrogen (secondary N) is 1. The van der Waals surface area contributed by atoms with E-state index >= 15 is 0 Å². The summed E-state index contributed by atoms with van der Waals surface area (Å²) >= 11 is 1.61. The number of thiazole rings is 1. The van der Waals surface area contributed by atoms with Crippen LogP contribution >= 0.6 is 11.3 Å². The van der Waals surface area contributed by atoms with Crippen molar-refractivity contribution in [1.82, 2.24) is 19.9 Å². The lowest BCUT2D eigenvalue weighted by Crippen LogP contribution is -2.38. The maximum atomic E-state index is 12.8. The van der Waals surface area contributed by atoms with Gasteiger partial charge in [-0.05, 0) is 80.8 Å². The van der Waals surface area contributed by atoms with Gasteiger partial charge in [-0.2, -0.15) is 0 Å². The number of aryl methyl sites for hydroxylation is 3. The Bertz CT molecular complexity index is 1350. The van der Waals surface area contributed by atoms with Crippen LogP contribution < -0.4 is 0 Å². The number of carbonyl (C=O) groups is 1. The summed E-state index contributed by atoms with van der Waals surface area (Å²) in [5, 5.41) is 4.34. The minimum absolute atomic E-state index is 0.199. The van der Waals surface area contributed by atoms with Gasteiger partial charge < -0.3 is 9.88 Å². The molecule has 0 aliphatic carbocycles. The standard InChI is InChI=1S/C29H34N4OS/c1-17(2)28-25-14-22(6-7-26(25)32-29(28)23-12-18(3)30-19(4)13-23)21-8-10-33(11-9-21)27(34)15-24-16-35-20(5)31-24/h6-7,12-14,16-17,21,32H,8-11,15H2,1-5H3. The highest BCUT2D eigenvalue weighted by Gasteiger charge is 2.25. The van der Waals surface area contributed by atoms with Crippen molar-refractivity contribution < 1.29 is 4.79 Å². The minimum atomic E-state index is 0.199. The predicted octanol–water partition coefficient (Wildman–Crippen LogP) is 6.68. The van der Waals surface area contributed by atoms with Crippen molar-refractivity contribution in [1.29, 1.82) is 0 Å². The monoisotopic (exact) mass is 486 g/mol. The van der Waals surface area contributed by atoms with Crippen molar-refractivity contribution in [2.24, 2.45) is 0 Å². The first kappa shape index (κ1) is 23.7. The van der Waals surface area contributed by atoms with Crippen molar-refractivity contribution >= 4 is 28.1 Å². The summed E-state index contributed by atoms with van der Waals surface area (Å²) in [6.45, 7) is 12.3. The fourth-order valence-electron chi connectivity index (χ4n) is 5.51. The van der Waals surface area contributed by atoms with Crippen molar-refractivity contribution in [2.45, 2.75) is 65.7 Å². The number of aromatic amines is 1. The van der Waals surface area contributed by atoms with Crippen LogP contribution in [-0.4, -0.2) is 38.8 Å². The van der Waals surface area contributed by atoms with Gasteiger partial charge in [0.05, 0.1) is 22.8 Å². The van der Waals surface area contributed by atoms with Crippen molar-refractivity contribution in [2.75, 3.05) is 13.1 Å². The predicted molar refractivity (Wildman–Crippen MR) is 144 cm³/mol. The molecule has 5 nitrogen and oxygen atoms in total. The van der Waals surface area contributed by atoms with Crippen LogP contribution in [0.2, 0.25) is 0 Å². The van der Waals surface area contributed by atoms with Crippen LogP contribution in [-0.2, 0) is 11.2 Å². The van der Waals surface area contributed by atoms with Crippen LogP contribution in [0.15, 0.2) is 35.7 Å². The van der Waals surface area contributed by atoms with Crippen LogP contribution in [0, 0.1) is 20.8 Å². The summed E-state index contributed by atoms with van der Waals surface area (Å²) in [5.41, 5.74) is 9.34. The highest BCUT2D eigenvalue weighted by atomic mass is 32.1. The van der Waals surface area contributed by atoms with Gasteiger partial charge in [-0.3, -0.25) is 9.78 Å². The van der Waals surface area contributed by atoms with Crippen molar-refractivity contribution in [3.8, 4) is 11.3 Å². The number of H-pyrrole nitrogens is 1. The molecule has 182 valence electrons. The lowest BCUT2D eigenvalue weighted by atomic mass is 9.87. The molecule has 0 atom stereocenters. The number of hydrogen-bond acceptors (Lipinski definition) is 4. The normalized spacial score (nSPS) is 14.9. The first-order valence-electron chi connectivity index (χ1n) is 12.6. The van der Waals surface area contributed by atoms with E-state index in [0.29, 0.717) is 18.3 Å². The number of nitrogens with zero attached hydrogens (tertiary/aromatic N) is 3. The largest absolute Gasteiger partial charge is 0.354 e.